The first-order valence-electron chi connectivity index (χ1n) is 7.66. The van der Waals surface area contributed by atoms with Gasteiger partial charge in [-0.3, -0.25) is 9.20 Å². The van der Waals surface area contributed by atoms with Crippen molar-refractivity contribution in [3.8, 4) is 0 Å². The Balaban J connectivity index is 1.69. The third kappa shape index (κ3) is 3.40. The molecule has 1 N–H and O–H groups in total. The van der Waals surface area contributed by atoms with Crippen molar-refractivity contribution in [3.05, 3.63) is 42.5 Å². The number of nitrogens with zero attached hydrogens (tertiary/aromatic N) is 6. The Morgan fingerprint density at radius 1 is 1.46 bits per heavy atom. The number of amides is 1. The van der Waals surface area contributed by atoms with Crippen molar-refractivity contribution < 1.29 is 9.53 Å². The molecule has 1 atom stereocenters. The maximum Gasteiger partial charge on any atom is 0.272 e. The highest BCUT2D eigenvalue weighted by Gasteiger charge is 2.18. The van der Waals surface area contributed by atoms with Crippen LogP contribution in [0.1, 0.15) is 35.7 Å². The number of fused-ring (bicyclic) bond motifs is 1. The molecular weight excluding hydrogens is 310 g/mol. The molecule has 0 aliphatic heterocycles. The molecule has 0 fully saturated rings. The number of methoxy groups -OCH3 is 1. The quantitative estimate of drug-likeness (QED) is 0.645. The highest BCUT2D eigenvalue weighted by Crippen LogP contribution is 2.11. The Morgan fingerprint density at radius 3 is 3.12 bits per heavy atom. The molecule has 0 saturated carbocycles. The SMILES string of the molecule is COCCCn1cnnc1C(C)NC(=O)c1cn2cccnc2n1. The third-order valence-electron chi connectivity index (χ3n) is 3.60. The lowest BCUT2D eigenvalue weighted by Gasteiger charge is -2.14. The summed E-state index contributed by atoms with van der Waals surface area (Å²) in [5.41, 5.74) is 0.311. The summed E-state index contributed by atoms with van der Waals surface area (Å²) in [6.07, 6.45) is 7.58. The van der Waals surface area contributed by atoms with Crippen molar-refractivity contribution in [1.82, 2.24) is 34.4 Å². The molecule has 3 heterocycles. The Morgan fingerprint density at radius 2 is 2.33 bits per heavy atom. The number of imidazole rings is 1. The number of ether oxygens (including phenoxy) is 1. The van der Waals surface area contributed by atoms with E-state index in [0.717, 1.165) is 13.0 Å². The van der Waals surface area contributed by atoms with Gasteiger partial charge in [0.15, 0.2) is 5.82 Å². The van der Waals surface area contributed by atoms with Crippen molar-refractivity contribution in [2.24, 2.45) is 0 Å². The van der Waals surface area contributed by atoms with Gasteiger partial charge in [-0.25, -0.2) is 9.97 Å². The first-order valence-corrected chi connectivity index (χ1v) is 7.66. The van der Waals surface area contributed by atoms with E-state index in [2.05, 4.69) is 25.5 Å². The van der Waals surface area contributed by atoms with E-state index in [0.29, 0.717) is 23.9 Å². The highest BCUT2D eigenvalue weighted by atomic mass is 16.5. The number of carbonyl (C=O) groups is 1. The molecule has 3 rings (SSSR count). The summed E-state index contributed by atoms with van der Waals surface area (Å²) >= 11 is 0. The molecule has 126 valence electrons. The minimum absolute atomic E-state index is 0.278. The summed E-state index contributed by atoms with van der Waals surface area (Å²) in [6.45, 7) is 3.25. The minimum Gasteiger partial charge on any atom is -0.385 e. The smallest absolute Gasteiger partial charge is 0.272 e. The number of hydrogen-bond acceptors (Lipinski definition) is 6. The van der Waals surface area contributed by atoms with Gasteiger partial charge in [0, 0.05) is 38.9 Å². The molecule has 24 heavy (non-hydrogen) atoms. The fraction of sp³-hybridized carbons (Fsp3) is 0.400. The van der Waals surface area contributed by atoms with E-state index in [1.54, 1.807) is 42.5 Å². The van der Waals surface area contributed by atoms with Gasteiger partial charge in [0.05, 0.1) is 6.04 Å². The fourth-order valence-electron chi connectivity index (χ4n) is 2.43. The average Bonchev–Trinajstić information content (AvgIpc) is 3.21. The summed E-state index contributed by atoms with van der Waals surface area (Å²) in [6, 6.07) is 1.49. The lowest BCUT2D eigenvalue weighted by Crippen LogP contribution is -2.29. The van der Waals surface area contributed by atoms with Gasteiger partial charge in [0.1, 0.15) is 12.0 Å². The Kier molecular flexibility index (Phi) is 4.80. The second-order valence-electron chi connectivity index (χ2n) is 5.38. The molecule has 0 aliphatic rings. The molecule has 0 aliphatic carbocycles. The summed E-state index contributed by atoms with van der Waals surface area (Å²) in [4.78, 5) is 20.7. The van der Waals surface area contributed by atoms with Gasteiger partial charge in [0.25, 0.3) is 5.91 Å². The predicted octanol–water partition coefficient (Wildman–Crippen LogP) is 0.848. The Bertz CT molecular complexity index is 793. The van der Waals surface area contributed by atoms with Crippen LogP contribution in [-0.2, 0) is 11.3 Å². The number of hydrogen-bond donors (Lipinski definition) is 1. The van der Waals surface area contributed by atoms with Crippen LogP contribution in [0.2, 0.25) is 0 Å². The number of nitrogens with one attached hydrogen (secondary N) is 1. The first-order chi connectivity index (χ1) is 11.7. The largest absolute Gasteiger partial charge is 0.385 e. The van der Waals surface area contributed by atoms with Crippen LogP contribution in [0.5, 0.6) is 0 Å². The Hall–Kier alpha value is -2.81. The molecule has 3 aromatic rings. The lowest BCUT2D eigenvalue weighted by molar-refractivity contribution is 0.0933. The maximum absolute atomic E-state index is 12.4. The van der Waals surface area contributed by atoms with Crippen LogP contribution in [0, 0.1) is 0 Å². The van der Waals surface area contributed by atoms with Crippen molar-refractivity contribution in [2.75, 3.05) is 13.7 Å². The average molecular weight is 329 g/mol. The van der Waals surface area contributed by atoms with E-state index in [-0.39, 0.29) is 11.9 Å². The summed E-state index contributed by atoms with van der Waals surface area (Å²) < 4.78 is 8.66. The fourth-order valence-corrected chi connectivity index (χ4v) is 2.43. The zero-order valence-corrected chi connectivity index (χ0v) is 13.6. The molecule has 0 radical (unpaired) electrons. The molecule has 0 spiro atoms. The number of aryl methyl sites for hydroxylation is 1. The summed E-state index contributed by atoms with van der Waals surface area (Å²) in [5, 5.41) is 10.9. The second-order valence-corrected chi connectivity index (χ2v) is 5.38. The topological polar surface area (TPSA) is 99.2 Å². The van der Waals surface area contributed by atoms with Gasteiger partial charge < -0.3 is 14.6 Å². The van der Waals surface area contributed by atoms with Crippen LogP contribution in [0.4, 0.5) is 0 Å². The van der Waals surface area contributed by atoms with Crippen LogP contribution < -0.4 is 5.32 Å². The van der Waals surface area contributed by atoms with Gasteiger partial charge in [-0.15, -0.1) is 10.2 Å². The Labute approximate surface area is 138 Å². The molecule has 9 heteroatoms. The van der Waals surface area contributed by atoms with E-state index >= 15 is 0 Å². The van der Waals surface area contributed by atoms with Crippen molar-refractivity contribution >= 4 is 11.7 Å². The van der Waals surface area contributed by atoms with E-state index in [1.165, 1.54) is 0 Å². The highest BCUT2D eigenvalue weighted by molar-refractivity contribution is 5.92. The molecule has 0 bridgehead atoms. The molecule has 9 nitrogen and oxygen atoms in total. The maximum atomic E-state index is 12.4. The van der Waals surface area contributed by atoms with Gasteiger partial charge in [-0.2, -0.15) is 0 Å². The standard InChI is InChI=1S/C15H19N7O2/c1-11(13-20-17-10-22(13)7-4-8-24-2)18-14(23)12-9-21-6-3-5-16-15(21)19-12/h3,5-6,9-11H,4,7-8H2,1-2H3,(H,18,23). The molecule has 1 unspecified atom stereocenters. The number of carbonyl (C=O) groups excluding carboxylic acids is 1. The zero-order chi connectivity index (χ0) is 16.9. The van der Waals surface area contributed by atoms with Crippen molar-refractivity contribution in [2.45, 2.75) is 25.9 Å². The van der Waals surface area contributed by atoms with E-state index in [9.17, 15) is 4.79 Å². The molecule has 0 aromatic carbocycles. The lowest BCUT2D eigenvalue weighted by atomic mass is 10.3. The molecule has 1 amide bonds. The van der Waals surface area contributed by atoms with Crippen LogP contribution in [-0.4, -0.2) is 48.8 Å². The van der Waals surface area contributed by atoms with Gasteiger partial charge in [0.2, 0.25) is 5.78 Å². The summed E-state index contributed by atoms with van der Waals surface area (Å²) in [7, 11) is 1.67. The van der Waals surface area contributed by atoms with E-state index < -0.39 is 0 Å². The first kappa shape index (κ1) is 16.1. The monoisotopic (exact) mass is 329 g/mol. The number of rotatable bonds is 7. The van der Waals surface area contributed by atoms with Crippen LogP contribution in [0.25, 0.3) is 5.78 Å². The number of aromatic nitrogens is 6. The van der Waals surface area contributed by atoms with Gasteiger partial charge in [-0.05, 0) is 19.4 Å². The van der Waals surface area contributed by atoms with Crippen molar-refractivity contribution in [3.63, 3.8) is 0 Å². The summed E-state index contributed by atoms with van der Waals surface area (Å²) in [5.74, 6) is 0.902. The van der Waals surface area contributed by atoms with Crippen LogP contribution in [0.15, 0.2) is 31.0 Å². The van der Waals surface area contributed by atoms with Crippen LogP contribution >= 0.6 is 0 Å². The molecule has 3 aromatic heterocycles. The molecular formula is C15H19N7O2. The van der Waals surface area contributed by atoms with E-state index in [4.69, 9.17) is 4.74 Å². The predicted molar refractivity (Wildman–Crippen MR) is 85.4 cm³/mol. The normalized spacial score (nSPS) is 12.4. The second kappa shape index (κ2) is 7.18. The van der Waals surface area contributed by atoms with Gasteiger partial charge >= 0.3 is 0 Å². The van der Waals surface area contributed by atoms with Crippen molar-refractivity contribution in [1.29, 1.82) is 0 Å². The van der Waals surface area contributed by atoms with Crippen LogP contribution in [0.3, 0.4) is 0 Å². The van der Waals surface area contributed by atoms with Gasteiger partial charge in [-0.1, -0.05) is 0 Å². The third-order valence-corrected chi connectivity index (χ3v) is 3.60. The zero-order valence-electron chi connectivity index (χ0n) is 13.6. The molecule has 0 saturated heterocycles. The minimum atomic E-state index is -0.291. The van der Waals surface area contributed by atoms with E-state index in [1.807, 2.05) is 11.5 Å².